The number of aromatic nitrogens is 1. The Labute approximate surface area is 132 Å². The van der Waals surface area contributed by atoms with Crippen molar-refractivity contribution >= 4 is 15.7 Å². The van der Waals surface area contributed by atoms with Crippen molar-refractivity contribution in [3.8, 4) is 0 Å². The van der Waals surface area contributed by atoms with Crippen molar-refractivity contribution in [1.82, 2.24) is 9.29 Å². The SMILES string of the molecule is Cc1cncc(N[C@@H](C)c2cccc(S(=O)(=O)N(C)C)c2)c1. The first kappa shape index (κ1) is 16.5. The molecule has 0 unspecified atom stereocenters. The van der Waals surface area contributed by atoms with Crippen LogP contribution in [0.5, 0.6) is 0 Å². The Bertz CT molecular complexity index is 757. The molecule has 118 valence electrons. The monoisotopic (exact) mass is 319 g/mol. The smallest absolute Gasteiger partial charge is 0.242 e. The number of rotatable bonds is 5. The van der Waals surface area contributed by atoms with Gasteiger partial charge in [-0.25, -0.2) is 12.7 Å². The summed E-state index contributed by atoms with van der Waals surface area (Å²) in [6.07, 6.45) is 3.55. The highest BCUT2D eigenvalue weighted by Crippen LogP contribution is 2.22. The van der Waals surface area contributed by atoms with Gasteiger partial charge in [0.25, 0.3) is 0 Å². The second-order valence-corrected chi connectivity index (χ2v) is 7.63. The van der Waals surface area contributed by atoms with Gasteiger partial charge in [0.05, 0.1) is 10.6 Å². The van der Waals surface area contributed by atoms with Gasteiger partial charge in [-0.1, -0.05) is 12.1 Å². The summed E-state index contributed by atoms with van der Waals surface area (Å²) in [6.45, 7) is 3.97. The van der Waals surface area contributed by atoms with Gasteiger partial charge in [-0.15, -0.1) is 0 Å². The van der Waals surface area contributed by atoms with Crippen molar-refractivity contribution in [2.75, 3.05) is 19.4 Å². The van der Waals surface area contributed by atoms with E-state index >= 15 is 0 Å². The third-order valence-electron chi connectivity index (χ3n) is 3.39. The quantitative estimate of drug-likeness (QED) is 0.920. The second kappa shape index (κ2) is 6.46. The van der Waals surface area contributed by atoms with E-state index in [9.17, 15) is 8.42 Å². The predicted molar refractivity (Wildman–Crippen MR) is 88.3 cm³/mol. The second-order valence-electron chi connectivity index (χ2n) is 5.48. The van der Waals surface area contributed by atoms with Crippen LogP contribution in [0.25, 0.3) is 0 Å². The number of anilines is 1. The number of hydrogen-bond donors (Lipinski definition) is 1. The van der Waals surface area contributed by atoms with Crippen LogP contribution in [0.2, 0.25) is 0 Å². The summed E-state index contributed by atoms with van der Waals surface area (Å²) < 4.78 is 25.6. The zero-order chi connectivity index (χ0) is 16.3. The number of nitrogens with one attached hydrogen (secondary N) is 1. The van der Waals surface area contributed by atoms with Crippen molar-refractivity contribution < 1.29 is 8.42 Å². The number of sulfonamides is 1. The lowest BCUT2D eigenvalue weighted by Gasteiger charge is -2.18. The molecule has 1 aromatic carbocycles. The van der Waals surface area contributed by atoms with Crippen molar-refractivity contribution in [2.45, 2.75) is 24.8 Å². The third-order valence-corrected chi connectivity index (χ3v) is 5.21. The molecule has 0 radical (unpaired) electrons. The van der Waals surface area contributed by atoms with Gasteiger partial charge in [0.1, 0.15) is 0 Å². The van der Waals surface area contributed by atoms with Crippen molar-refractivity contribution in [1.29, 1.82) is 0 Å². The molecule has 1 N–H and O–H groups in total. The van der Waals surface area contributed by atoms with Gasteiger partial charge >= 0.3 is 0 Å². The van der Waals surface area contributed by atoms with Crippen molar-refractivity contribution in [3.63, 3.8) is 0 Å². The van der Waals surface area contributed by atoms with Crippen molar-refractivity contribution in [2.24, 2.45) is 0 Å². The first-order valence-corrected chi connectivity index (χ1v) is 8.45. The number of aryl methyl sites for hydroxylation is 1. The lowest BCUT2D eigenvalue weighted by Crippen LogP contribution is -2.22. The van der Waals surface area contributed by atoms with Gasteiger partial charge in [-0.2, -0.15) is 0 Å². The van der Waals surface area contributed by atoms with E-state index in [1.165, 1.54) is 18.4 Å². The highest BCUT2D eigenvalue weighted by atomic mass is 32.2. The van der Waals surface area contributed by atoms with Gasteiger partial charge < -0.3 is 5.32 Å². The van der Waals surface area contributed by atoms with Crippen molar-refractivity contribution in [3.05, 3.63) is 53.9 Å². The molecule has 0 saturated heterocycles. The van der Waals surface area contributed by atoms with Gasteiger partial charge in [0.2, 0.25) is 10.0 Å². The maximum absolute atomic E-state index is 12.2. The van der Waals surface area contributed by atoms with E-state index in [1.54, 1.807) is 30.6 Å². The Morgan fingerprint density at radius 2 is 1.91 bits per heavy atom. The Morgan fingerprint density at radius 3 is 2.55 bits per heavy atom. The van der Waals surface area contributed by atoms with E-state index < -0.39 is 10.0 Å². The fourth-order valence-electron chi connectivity index (χ4n) is 2.12. The van der Waals surface area contributed by atoms with Gasteiger partial charge in [0, 0.05) is 32.5 Å². The molecular formula is C16H21N3O2S. The molecule has 1 aromatic heterocycles. The molecule has 0 bridgehead atoms. The van der Waals surface area contributed by atoms with Crippen LogP contribution in [-0.2, 0) is 10.0 Å². The van der Waals surface area contributed by atoms with Crippen LogP contribution < -0.4 is 5.32 Å². The first-order valence-electron chi connectivity index (χ1n) is 7.01. The normalized spacial score (nSPS) is 13.1. The molecule has 1 atom stereocenters. The Kier molecular flexibility index (Phi) is 4.83. The van der Waals surface area contributed by atoms with Crippen LogP contribution in [0, 0.1) is 6.92 Å². The minimum absolute atomic E-state index is 0.0269. The van der Waals surface area contributed by atoms with E-state index in [4.69, 9.17) is 0 Å². The van der Waals surface area contributed by atoms with Gasteiger partial charge in [-0.05, 0) is 43.2 Å². The zero-order valence-corrected chi connectivity index (χ0v) is 14.1. The van der Waals surface area contributed by atoms with Crippen LogP contribution in [0.3, 0.4) is 0 Å². The highest BCUT2D eigenvalue weighted by molar-refractivity contribution is 7.89. The molecule has 2 aromatic rings. The molecule has 5 nitrogen and oxygen atoms in total. The average Bonchev–Trinajstić information content (AvgIpc) is 2.47. The highest BCUT2D eigenvalue weighted by Gasteiger charge is 2.18. The summed E-state index contributed by atoms with van der Waals surface area (Å²) in [5.41, 5.74) is 2.89. The van der Waals surface area contributed by atoms with Crippen LogP contribution in [-0.4, -0.2) is 31.8 Å². The molecule has 6 heteroatoms. The molecule has 0 saturated carbocycles. The van der Waals surface area contributed by atoms with Crippen LogP contribution in [0.15, 0.2) is 47.6 Å². The van der Waals surface area contributed by atoms with Gasteiger partial charge in [-0.3, -0.25) is 4.98 Å². The average molecular weight is 319 g/mol. The number of hydrogen-bond acceptors (Lipinski definition) is 4. The Hall–Kier alpha value is -1.92. The Morgan fingerprint density at radius 1 is 1.18 bits per heavy atom. The fourth-order valence-corrected chi connectivity index (χ4v) is 3.08. The van der Waals surface area contributed by atoms with E-state index in [0.29, 0.717) is 4.90 Å². The molecule has 22 heavy (non-hydrogen) atoms. The molecule has 0 aliphatic carbocycles. The molecular weight excluding hydrogens is 298 g/mol. The van der Waals surface area contributed by atoms with E-state index in [1.807, 2.05) is 26.0 Å². The third kappa shape index (κ3) is 3.64. The minimum Gasteiger partial charge on any atom is -0.377 e. The number of pyridine rings is 1. The molecule has 0 aliphatic heterocycles. The molecule has 0 aliphatic rings. The Balaban J connectivity index is 2.26. The number of benzene rings is 1. The van der Waals surface area contributed by atoms with E-state index in [0.717, 1.165) is 16.8 Å². The molecule has 0 amide bonds. The first-order chi connectivity index (χ1) is 10.3. The van der Waals surface area contributed by atoms with Gasteiger partial charge in [0.15, 0.2) is 0 Å². The zero-order valence-electron chi connectivity index (χ0n) is 13.2. The fraction of sp³-hybridized carbons (Fsp3) is 0.312. The maximum atomic E-state index is 12.2. The molecule has 2 rings (SSSR count). The van der Waals surface area contributed by atoms with Crippen LogP contribution in [0.4, 0.5) is 5.69 Å². The summed E-state index contributed by atoms with van der Waals surface area (Å²) in [5.74, 6) is 0. The van der Waals surface area contributed by atoms with Crippen LogP contribution >= 0.6 is 0 Å². The summed E-state index contributed by atoms with van der Waals surface area (Å²) >= 11 is 0. The summed E-state index contributed by atoms with van der Waals surface area (Å²) in [5, 5.41) is 3.34. The minimum atomic E-state index is -3.42. The predicted octanol–water partition coefficient (Wildman–Crippen LogP) is 2.81. The summed E-state index contributed by atoms with van der Waals surface area (Å²) in [6, 6.07) is 8.97. The van der Waals surface area contributed by atoms with E-state index in [2.05, 4.69) is 10.3 Å². The lowest BCUT2D eigenvalue weighted by molar-refractivity contribution is 0.520. The largest absolute Gasteiger partial charge is 0.377 e. The maximum Gasteiger partial charge on any atom is 0.242 e. The molecule has 1 heterocycles. The summed E-state index contributed by atoms with van der Waals surface area (Å²) in [7, 11) is -0.360. The van der Waals surface area contributed by atoms with Crippen LogP contribution in [0.1, 0.15) is 24.1 Å². The lowest BCUT2D eigenvalue weighted by atomic mass is 10.1. The standard InChI is InChI=1S/C16H21N3O2S/c1-12-8-15(11-17-10-12)18-13(2)14-6-5-7-16(9-14)22(20,21)19(3)4/h5-11,13,18H,1-4H3/t13-/m0/s1. The number of nitrogens with zero attached hydrogens (tertiary/aromatic N) is 2. The topological polar surface area (TPSA) is 62.3 Å². The summed E-state index contributed by atoms with van der Waals surface area (Å²) in [4.78, 5) is 4.44. The molecule has 0 fully saturated rings. The van der Waals surface area contributed by atoms with E-state index in [-0.39, 0.29) is 6.04 Å². The molecule has 0 spiro atoms.